The molecule has 0 saturated heterocycles. The highest BCUT2D eigenvalue weighted by atomic mass is 35.5. The second kappa shape index (κ2) is 11.2. The predicted octanol–water partition coefficient (Wildman–Crippen LogP) is 5.56. The van der Waals surface area contributed by atoms with Crippen molar-refractivity contribution in [1.29, 1.82) is 0 Å². The lowest BCUT2D eigenvalue weighted by Gasteiger charge is -2.12. The number of unbranched alkanes of at least 4 members (excludes halogenated alkanes) is 2. The molecule has 5 nitrogen and oxygen atoms in total. The van der Waals surface area contributed by atoms with E-state index in [1.807, 2.05) is 51.1 Å². The van der Waals surface area contributed by atoms with Crippen LogP contribution in [0.15, 0.2) is 42.5 Å². The summed E-state index contributed by atoms with van der Waals surface area (Å²) >= 11 is 6.10. The summed E-state index contributed by atoms with van der Waals surface area (Å²) in [5, 5.41) is 3.73. The molecule has 6 heteroatoms. The maximum Gasteiger partial charge on any atom is 0.222 e. The van der Waals surface area contributed by atoms with E-state index in [1.165, 1.54) is 0 Å². The normalized spacial score (nSPS) is 11.3. The Morgan fingerprint density at radius 1 is 1.16 bits per heavy atom. The van der Waals surface area contributed by atoms with Gasteiger partial charge in [-0.05, 0) is 55.7 Å². The van der Waals surface area contributed by atoms with Crippen molar-refractivity contribution in [3.63, 3.8) is 0 Å². The van der Waals surface area contributed by atoms with Gasteiger partial charge in [0.25, 0.3) is 0 Å². The topological polar surface area (TPSA) is 56.1 Å². The smallest absolute Gasteiger partial charge is 0.222 e. The number of fused-ring (bicyclic) bond motifs is 1. The van der Waals surface area contributed by atoms with E-state index in [4.69, 9.17) is 21.3 Å². The molecule has 3 rings (SSSR count). The number of hydrogen-bond donors (Lipinski definition) is 1. The van der Waals surface area contributed by atoms with Gasteiger partial charge in [-0.25, -0.2) is 4.98 Å². The third-order valence-electron chi connectivity index (χ3n) is 5.35. The molecule has 0 aliphatic heterocycles. The van der Waals surface area contributed by atoms with Crippen molar-refractivity contribution >= 4 is 28.5 Å². The second-order valence-corrected chi connectivity index (χ2v) is 8.59. The Kier molecular flexibility index (Phi) is 8.35. The van der Waals surface area contributed by atoms with E-state index < -0.39 is 0 Å². The van der Waals surface area contributed by atoms with Gasteiger partial charge in [0.05, 0.1) is 17.6 Å². The van der Waals surface area contributed by atoms with E-state index in [2.05, 4.69) is 22.0 Å². The van der Waals surface area contributed by atoms with Crippen molar-refractivity contribution < 1.29 is 9.53 Å². The number of nitrogens with one attached hydrogen (secondary N) is 1. The molecule has 0 unspecified atom stereocenters. The summed E-state index contributed by atoms with van der Waals surface area (Å²) in [4.78, 5) is 16.5. The van der Waals surface area contributed by atoms with Crippen LogP contribution in [0.5, 0.6) is 5.75 Å². The number of halogens is 1. The second-order valence-electron chi connectivity index (χ2n) is 8.18. The van der Waals surface area contributed by atoms with Gasteiger partial charge in [0.15, 0.2) is 0 Å². The van der Waals surface area contributed by atoms with Gasteiger partial charge in [0.1, 0.15) is 18.2 Å². The van der Waals surface area contributed by atoms with Crippen LogP contribution in [-0.2, 0) is 17.8 Å². The Balaban J connectivity index is 1.55. The molecule has 3 aromatic rings. The van der Waals surface area contributed by atoms with E-state index in [-0.39, 0.29) is 11.8 Å². The molecule has 0 atom stereocenters. The van der Waals surface area contributed by atoms with E-state index in [9.17, 15) is 4.79 Å². The molecular formula is C25H32ClN3O2. The van der Waals surface area contributed by atoms with Crippen LogP contribution in [-0.4, -0.2) is 28.6 Å². The first-order chi connectivity index (χ1) is 15.0. The Hall–Kier alpha value is -2.53. The van der Waals surface area contributed by atoms with Crippen LogP contribution in [0.1, 0.15) is 44.5 Å². The van der Waals surface area contributed by atoms with E-state index in [0.29, 0.717) is 6.61 Å². The van der Waals surface area contributed by atoms with Crippen LogP contribution in [0.3, 0.4) is 0 Å². The molecule has 0 spiro atoms. The number of amides is 1. The molecule has 2 aromatic carbocycles. The molecule has 1 N–H and O–H groups in total. The van der Waals surface area contributed by atoms with Crippen LogP contribution in [0.2, 0.25) is 5.02 Å². The van der Waals surface area contributed by atoms with Gasteiger partial charge in [0.2, 0.25) is 5.91 Å². The first kappa shape index (κ1) is 23.1. The number of aromatic nitrogens is 2. The number of nitrogens with zero attached hydrogens (tertiary/aromatic N) is 2. The molecule has 166 valence electrons. The number of hydrogen-bond acceptors (Lipinski definition) is 3. The fourth-order valence-corrected chi connectivity index (χ4v) is 3.65. The fourth-order valence-electron chi connectivity index (χ4n) is 3.53. The largest absolute Gasteiger partial charge is 0.492 e. The molecule has 31 heavy (non-hydrogen) atoms. The van der Waals surface area contributed by atoms with Crippen LogP contribution in [0.25, 0.3) is 11.0 Å². The summed E-state index contributed by atoms with van der Waals surface area (Å²) in [5.41, 5.74) is 3.17. The number of rotatable bonds is 11. The van der Waals surface area contributed by atoms with Gasteiger partial charge in [-0.1, -0.05) is 44.0 Å². The number of carbonyl (C=O) groups excluding carboxylic acids is 1. The quantitative estimate of drug-likeness (QED) is 0.396. The van der Waals surface area contributed by atoms with Crippen molar-refractivity contribution in [3.05, 3.63) is 58.9 Å². The van der Waals surface area contributed by atoms with Crippen molar-refractivity contribution in [1.82, 2.24) is 14.9 Å². The molecule has 0 saturated carbocycles. The van der Waals surface area contributed by atoms with Crippen LogP contribution in [0.4, 0.5) is 0 Å². The molecule has 0 fully saturated rings. The summed E-state index contributed by atoms with van der Waals surface area (Å²) in [6, 6.07) is 14.0. The molecular weight excluding hydrogens is 410 g/mol. The van der Waals surface area contributed by atoms with E-state index >= 15 is 0 Å². The zero-order valence-corrected chi connectivity index (χ0v) is 19.4. The summed E-state index contributed by atoms with van der Waals surface area (Å²) in [6.07, 6.45) is 3.99. The highest BCUT2D eigenvalue weighted by Crippen LogP contribution is 2.22. The van der Waals surface area contributed by atoms with Gasteiger partial charge in [-0.3, -0.25) is 4.79 Å². The Bertz CT molecular complexity index is 1010. The average Bonchev–Trinajstić information content (AvgIpc) is 3.10. The average molecular weight is 442 g/mol. The zero-order chi connectivity index (χ0) is 22.2. The molecule has 0 radical (unpaired) electrons. The Morgan fingerprint density at radius 2 is 1.97 bits per heavy atom. The Morgan fingerprint density at radius 3 is 2.74 bits per heavy atom. The summed E-state index contributed by atoms with van der Waals surface area (Å²) in [5.74, 6) is 2.08. The van der Waals surface area contributed by atoms with Crippen LogP contribution < -0.4 is 10.1 Å². The lowest BCUT2D eigenvalue weighted by molar-refractivity contribution is -0.123. The number of para-hydroxylation sites is 2. The molecule has 1 amide bonds. The highest BCUT2D eigenvalue weighted by Gasteiger charge is 2.11. The maximum absolute atomic E-state index is 11.6. The highest BCUT2D eigenvalue weighted by molar-refractivity contribution is 6.31. The van der Waals surface area contributed by atoms with Crippen molar-refractivity contribution in [2.75, 3.05) is 13.2 Å². The van der Waals surface area contributed by atoms with Gasteiger partial charge in [-0.2, -0.15) is 0 Å². The van der Waals surface area contributed by atoms with Gasteiger partial charge in [0, 0.05) is 23.9 Å². The first-order valence-corrected chi connectivity index (χ1v) is 11.4. The summed E-state index contributed by atoms with van der Waals surface area (Å²) in [6.45, 7) is 7.85. The molecule has 1 aromatic heterocycles. The van der Waals surface area contributed by atoms with Gasteiger partial charge < -0.3 is 14.6 Å². The van der Waals surface area contributed by atoms with Crippen molar-refractivity contribution in [2.24, 2.45) is 5.92 Å². The number of aryl methyl sites for hydroxylation is 2. The lowest BCUT2D eigenvalue weighted by Crippen LogP contribution is -2.28. The Labute approximate surface area is 189 Å². The summed E-state index contributed by atoms with van der Waals surface area (Å²) < 4.78 is 8.23. The van der Waals surface area contributed by atoms with E-state index in [1.54, 1.807) is 0 Å². The van der Waals surface area contributed by atoms with Gasteiger partial charge in [-0.15, -0.1) is 0 Å². The number of benzene rings is 2. The molecule has 0 aliphatic carbocycles. The maximum atomic E-state index is 11.6. The zero-order valence-electron chi connectivity index (χ0n) is 18.7. The lowest BCUT2D eigenvalue weighted by atomic mass is 10.1. The minimum absolute atomic E-state index is 0.0407. The van der Waals surface area contributed by atoms with Gasteiger partial charge >= 0.3 is 0 Å². The van der Waals surface area contributed by atoms with Crippen molar-refractivity contribution in [3.8, 4) is 5.75 Å². The fraction of sp³-hybridized carbons (Fsp3) is 0.440. The molecule has 0 aliphatic rings. The minimum atomic E-state index is 0.0407. The van der Waals surface area contributed by atoms with Crippen LogP contribution in [0, 0.1) is 12.8 Å². The van der Waals surface area contributed by atoms with E-state index in [0.717, 1.165) is 72.0 Å². The third kappa shape index (κ3) is 6.47. The summed E-state index contributed by atoms with van der Waals surface area (Å²) in [7, 11) is 0. The molecule has 1 heterocycles. The number of carbonyl (C=O) groups is 1. The standard InChI is InChI=1S/C25H32ClN3O2/c1-18(2)25(30)27-14-8-4-5-11-24-28-22-9-6-7-10-23(22)29(24)15-16-31-20-12-13-21(26)19(3)17-20/h6-7,9-10,12-13,17-18H,4-5,8,11,14-16H2,1-3H3,(H,27,30). The molecule has 0 bridgehead atoms. The number of imidazole rings is 1. The predicted molar refractivity (Wildman–Crippen MR) is 127 cm³/mol. The minimum Gasteiger partial charge on any atom is -0.492 e. The van der Waals surface area contributed by atoms with Crippen molar-refractivity contribution in [2.45, 2.75) is 53.0 Å². The third-order valence-corrected chi connectivity index (χ3v) is 5.77. The van der Waals surface area contributed by atoms with Crippen LogP contribution >= 0.6 is 11.6 Å². The first-order valence-electron chi connectivity index (χ1n) is 11.1. The monoisotopic (exact) mass is 441 g/mol. The SMILES string of the molecule is Cc1cc(OCCn2c(CCCCCNC(=O)C(C)C)nc3ccccc32)ccc1Cl. The number of ether oxygens (including phenoxy) is 1.